The van der Waals surface area contributed by atoms with E-state index in [9.17, 15) is 9.59 Å². The van der Waals surface area contributed by atoms with E-state index >= 15 is 0 Å². The second kappa shape index (κ2) is 9.71. The number of aryl methyl sites for hydroxylation is 1. The third-order valence-electron chi connectivity index (χ3n) is 5.43. The molecule has 0 saturated heterocycles. The van der Waals surface area contributed by atoms with Gasteiger partial charge in [-0.25, -0.2) is 4.98 Å². The minimum Gasteiger partial charge on any atom is -0.366 e. The maximum absolute atomic E-state index is 11.9. The monoisotopic (exact) mass is 427 g/mol. The zero-order valence-corrected chi connectivity index (χ0v) is 17.7. The average molecular weight is 428 g/mol. The smallest absolute Gasteiger partial charge is 0.248 e. The first-order valence-corrected chi connectivity index (χ1v) is 10.4. The van der Waals surface area contributed by atoms with Crippen LogP contribution in [0.2, 0.25) is 5.02 Å². The van der Waals surface area contributed by atoms with Gasteiger partial charge in [0.25, 0.3) is 0 Å². The van der Waals surface area contributed by atoms with Crippen molar-refractivity contribution in [1.82, 2.24) is 9.97 Å². The molecule has 1 aromatic carbocycles. The number of ketones is 1. The number of carbonyl (C=O) groups excluding carboxylic acids is 2. The lowest BCUT2D eigenvalue weighted by molar-refractivity contribution is -0.115. The normalized spacial score (nSPS) is 18.5. The number of nitrogens with two attached hydrogens (primary N) is 1. The molecular weight excluding hydrogens is 402 g/mol. The number of primary amides is 1. The van der Waals surface area contributed by atoms with Gasteiger partial charge in [-0.3, -0.25) is 9.59 Å². The summed E-state index contributed by atoms with van der Waals surface area (Å²) in [4.78, 5) is 32.1. The molecule has 0 spiro atoms. The Morgan fingerprint density at radius 2 is 2.10 bits per heavy atom. The molecule has 4 N–H and O–H groups in total. The molecule has 0 unspecified atom stereocenters. The van der Waals surface area contributed by atoms with Crippen molar-refractivity contribution in [2.24, 2.45) is 11.7 Å². The molecule has 1 fully saturated rings. The molecule has 1 aliphatic rings. The maximum Gasteiger partial charge on any atom is 0.248 e. The van der Waals surface area contributed by atoms with E-state index < -0.39 is 5.91 Å². The lowest BCUT2D eigenvalue weighted by Crippen LogP contribution is -2.34. The minimum atomic E-state index is -0.505. The van der Waals surface area contributed by atoms with Crippen molar-refractivity contribution in [2.45, 2.75) is 45.1 Å². The number of rotatable bonds is 8. The zero-order valence-electron chi connectivity index (χ0n) is 17.0. The number of benzene rings is 1. The summed E-state index contributed by atoms with van der Waals surface area (Å²) in [6, 6.07) is 5.25. The van der Waals surface area contributed by atoms with Gasteiger partial charge < -0.3 is 16.4 Å². The number of aromatic nitrogens is 2. The highest BCUT2D eigenvalue weighted by Crippen LogP contribution is 2.32. The molecule has 3 rings (SSSR count). The van der Waals surface area contributed by atoms with E-state index in [1.54, 1.807) is 18.2 Å². The van der Waals surface area contributed by atoms with Crippen LogP contribution in [0.4, 0.5) is 17.5 Å². The van der Waals surface area contributed by atoms with E-state index in [1.807, 2.05) is 6.92 Å². The fourth-order valence-corrected chi connectivity index (χ4v) is 3.86. The summed E-state index contributed by atoms with van der Waals surface area (Å²) in [5.74, 6) is 0.618. The van der Waals surface area contributed by atoms with Crippen molar-refractivity contribution in [3.63, 3.8) is 0 Å². The quantitative estimate of drug-likeness (QED) is 0.538. The number of allylic oxidation sites excluding steroid dienone is 1. The molecule has 1 saturated carbocycles. The van der Waals surface area contributed by atoms with E-state index in [0.717, 1.165) is 31.2 Å². The van der Waals surface area contributed by atoms with Crippen LogP contribution in [0.25, 0.3) is 0 Å². The van der Waals surface area contributed by atoms with Crippen molar-refractivity contribution in [3.05, 3.63) is 53.2 Å². The third-order valence-corrected chi connectivity index (χ3v) is 5.71. The van der Waals surface area contributed by atoms with Crippen molar-refractivity contribution in [1.29, 1.82) is 0 Å². The standard InChI is InChI=1S/C22H26ClN5O2/c1-3-16(29)10-14-6-4-5-7-18(14)26-21-17(23)12-25-22(28-21)27-19-11-15(20(24)30)9-8-13(19)2/h3,8-9,11-12,14,18H,1,4-7,10H2,2H3,(H2,24,30)(H2,25,26,27,28)/t14-,18-/m0/s1. The van der Waals surface area contributed by atoms with Crippen LogP contribution < -0.4 is 16.4 Å². The van der Waals surface area contributed by atoms with Gasteiger partial charge in [-0.2, -0.15) is 4.98 Å². The molecule has 1 amide bonds. The highest BCUT2D eigenvalue weighted by molar-refractivity contribution is 6.32. The molecule has 2 aromatic rings. The van der Waals surface area contributed by atoms with Gasteiger partial charge >= 0.3 is 0 Å². The second-order valence-electron chi connectivity index (χ2n) is 7.58. The Hall–Kier alpha value is -2.93. The number of anilines is 3. The van der Waals surface area contributed by atoms with Crippen molar-refractivity contribution in [2.75, 3.05) is 10.6 Å². The Bertz CT molecular complexity index is 963. The summed E-state index contributed by atoms with van der Waals surface area (Å²) < 4.78 is 0. The van der Waals surface area contributed by atoms with Gasteiger partial charge in [-0.1, -0.05) is 37.1 Å². The number of hydrogen-bond acceptors (Lipinski definition) is 6. The van der Waals surface area contributed by atoms with Gasteiger partial charge in [0, 0.05) is 23.7 Å². The molecule has 30 heavy (non-hydrogen) atoms. The number of hydrogen-bond donors (Lipinski definition) is 3. The topological polar surface area (TPSA) is 110 Å². The fourth-order valence-electron chi connectivity index (χ4n) is 3.72. The highest BCUT2D eigenvalue weighted by atomic mass is 35.5. The summed E-state index contributed by atoms with van der Waals surface area (Å²) in [6.45, 7) is 5.48. The van der Waals surface area contributed by atoms with Gasteiger partial charge in [-0.15, -0.1) is 0 Å². The van der Waals surface area contributed by atoms with Crippen LogP contribution in [0, 0.1) is 12.8 Å². The van der Waals surface area contributed by atoms with E-state index in [-0.39, 0.29) is 17.7 Å². The molecule has 8 heteroatoms. The number of carbonyl (C=O) groups is 2. The summed E-state index contributed by atoms with van der Waals surface area (Å²) in [6.07, 6.45) is 7.49. The Kier molecular flexibility index (Phi) is 7.05. The molecule has 1 aromatic heterocycles. The summed E-state index contributed by atoms with van der Waals surface area (Å²) >= 11 is 6.34. The predicted octanol–water partition coefficient (Wildman–Crippen LogP) is 4.40. The van der Waals surface area contributed by atoms with Crippen LogP contribution in [-0.2, 0) is 4.79 Å². The molecule has 0 aliphatic heterocycles. The average Bonchev–Trinajstić information content (AvgIpc) is 2.73. The first-order chi connectivity index (χ1) is 14.4. The minimum absolute atomic E-state index is 0.0506. The lowest BCUT2D eigenvalue weighted by atomic mass is 9.81. The van der Waals surface area contributed by atoms with E-state index in [2.05, 4.69) is 27.2 Å². The molecule has 0 bridgehead atoms. The molecule has 1 aliphatic carbocycles. The fraction of sp³-hybridized carbons (Fsp3) is 0.364. The van der Waals surface area contributed by atoms with Crippen molar-refractivity contribution < 1.29 is 9.59 Å². The van der Waals surface area contributed by atoms with E-state index in [1.165, 1.54) is 12.3 Å². The molecule has 7 nitrogen and oxygen atoms in total. The van der Waals surface area contributed by atoms with Gasteiger partial charge in [-0.05, 0) is 49.5 Å². The molecule has 1 heterocycles. The van der Waals surface area contributed by atoms with Gasteiger partial charge in [0.15, 0.2) is 11.6 Å². The van der Waals surface area contributed by atoms with Crippen LogP contribution >= 0.6 is 11.6 Å². The van der Waals surface area contributed by atoms with Gasteiger partial charge in [0.05, 0.1) is 6.20 Å². The highest BCUT2D eigenvalue weighted by Gasteiger charge is 2.27. The number of amides is 1. The van der Waals surface area contributed by atoms with Crippen LogP contribution in [0.1, 0.15) is 48.0 Å². The molecular formula is C22H26ClN5O2. The lowest BCUT2D eigenvalue weighted by Gasteiger charge is -2.32. The Labute approximate surface area is 181 Å². The Morgan fingerprint density at radius 3 is 2.83 bits per heavy atom. The van der Waals surface area contributed by atoms with Crippen LogP contribution in [0.15, 0.2) is 37.1 Å². The van der Waals surface area contributed by atoms with E-state index in [0.29, 0.717) is 34.5 Å². The largest absolute Gasteiger partial charge is 0.366 e. The summed E-state index contributed by atoms with van der Waals surface area (Å²) in [5.41, 5.74) is 7.38. The third kappa shape index (κ3) is 5.36. The Morgan fingerprint density at radius 1 is 1.33 bits per heavy atom. The number of nitrogens with one attached hydrogen (secondary N) is 2. The molecule has 158 valence electrons. The number of halogens is 1. The van der Waals surface area contributed by atoms with Crippen molar-refractivity contribution in [3.8, 4) is 0 Å². The SMILES string of the molecule is C=CC(=O)C[C@@H]1CCCC[C@@H]1Nc1nc(Nc2cc(C(N)=O)ccc2C)ncc1Cl. The van der Waals surface area contributed by atoms with Crippen LogP contribution in [0.3, 0.4) is 0 Å². The van der Waals surface area contributed by atoms with Gasteiger partial charge in [0.1, 0.15) is 5.02 Å². The Balaban J connectivity index is 1.80. The van der Waals surface area contributed by atoms with Crippen LogP contribution in [-0.4, -0.2) is 27.7 Å². The van der Waals surface area contributed by atoms with Crippen LogP contribution in [0.5, 0.6) is 0 Å². The van der Waals surface area contributed by atoms with E-state index in [4.69, 9.17) is 17.3 Å². The van der Waals surface area contributed by atoms with Gasteiger partial charge in [0.2, 0.25) is 11.9 Å². The predicted molar refractivity (Wildman–Crippen MR) is 119 cm³/mol. The molecule has 0 radical (unpaired) electrons. The summed E-state index contributed by atoms with van der Waals surface area (Å²) in [7, 11) is 0. The second-order valence-corrected chi connectivity index (χ2v) is 7.99. The maximum atomic E-state index is 11.9. The summed E-state index contributed by atoms with van der Waals surface area (Å²) in [5, 5.41) is 6.95. The van der Waals surface area contributed by atoms with Crippen molar-refractivity contribution >= 4 is 40.7 Å². The molecule has 2 atom stereocenters. The zero-order chi connectivity index (χ0) is 21.7. The number of nitrogens with zero attached hydrogens (tertiary/aromatic N) is 2. The first kappa shape index (κ1) is 21.8. The first-order valence-electron chi connectivity index (χ1n) is 9.99.